The molecule has 0 atom stereocenters. The molecule has 0 aliphatic heterocycles. The number of hydrogen-bond acceptors (Lipinski definition) is 4. The third kappa shape index (κ3) is 4.63. The average Bonchev–Trinajstić information content (AvgIpc) is 3.24. The van der Waals surface area contributed by atoms with Crippen molar-refractivity contribution < 1.29 is 27.1 Å². The molecule has 0 saturated heterocycles. The van der Waals surface area contributed by atoms with Crippen LogP contribution in [-0.2, 0) is 6.18 Å². The molecule has 0 spiro atoms. The van der Waals surface area contributed by atoms with Crippen LogP contribution in [-0.4, -0.2) is 34.5 Å². The van der Waals surface area contributed by atoms with Crippen LogP contribution < -0.4 is 15.4 Å². The molecule has 2 N–H and O–H groups in total. The van der Waals surface area contributed by atoms with Gasteiger partial charge >= 0.3 is 6.18 Å². The Morgan fingerprint density at radius 1 is 1.06 bits per heavy atom. The van der Waals surface area contributed by atoms with E-state index in [0.717, 1.165) is 16.7 Å². The largest absolute Gasteiger partial charge is 0.497 e. The summed E-state index contributed by atoms with van der Waals surface area (Å²) < 4.78 is 59.1. The summed E-state index contributed by atoms with van der Waals surface area (Å²) in [6.07, 6.45) is -1.04. The number of nitrogens with one attached hydrogen (secondary N) is 2. The monoisotopic (exact) mass is 450 g/mol. The molecule has 32 heavy (non-hydrogen) atoms. The molecule has 0 radical (unpaired) electrons. The summed E-state index contributed by atoms with van der Waals surface area (Å²) in [7, 11) is 1.56. The van der Waals surface area contributed by atoms with Crippen LogP contribution in [0.3, 0.4) is 0 Å². The number of pyridine rings is 1. The number of benzene rings is 1. The van der Waals surface area contributed by atoms with Gasteiger partial charge in [-0.3, -0.25) is 9.20 Å². The Morgan fingerprint density at radius 2 is 1.72 bits per heavy atom. The van der Waals surface area contributed by atoms with E-state index in [1.165, 1.54) is 6.07 Å². The molecule has 170 valence electrons. The normalized spacial score (nSPS) is 19.0. The fraction of sp³-hybridized carbons (Fsp3) is 0.364. The lowest BCUT2D eigenvalue weighted by molar-refractivity contribution is -0.140. The van der Waals surface area contributed by atoms with E-state index in [2.05, 4.69) is 15.6 Å². The number of hydrogen-bond donors (Lipinski definition) is 2. The Labute approximate surface area is 181 Å². The first kappa shape index (κ1) is 21.9. The van der Waals surface area contributed by atoms with E-state index in [-0.39, 0.29) is 23.6 Å². The predicted molar refractivity (Wildman–Crippen MR) is 110 cm³/mol. The number of aromatic nitrogens is 2. The molecule has 1 aliphatic rings. The van der Waals surface area contributed by atoms with Crippen LogP contribution in [0.5, 0.6) is 5.75 Å². The molecule has 10 heteroatoms. The van der Waals surface area contributed by atoms with Crippen LogP contribution >= 0.6 is 0 Å². The number of nitrogens with zero attached hydrogens (tertiary/aromatic N) is 2. The van der Waals surface area contributed by atoms with Gasteiger partial charge in [-0.2, -0.15) is 13.2 Å². The minimum atomic E-state index is -4.66. The summed E-state index contributed by atoms with van der Waals surface area (Å²) in [5.74, 6) is 0.0248. The molecule has 0 bridgehead atoms. The second-order valence-electron chi connectivity index (χ2n) is 7.78. The zero-order valence-electron chi connectivity index (χ0n) is 17.2. The number of anilines is 1. The highest BCUT2D eigenvalue weighted by Gasteiger charge is 2.35. The number of fused-ring (bicyclic) bond motifs is 1. The van der Waals surface area contributed by atoms with E-state index in [4.69, 9.17) is 4.74 Å². The molecule has 1 aromatic carbocycles. The van der Waals surface area contributed by atoms with E-state index < -0.39 is 17.7 Å². The zero-order valence-corrected chi connectivity index (χ0v) is 17.2. The second kappa shape index (κ2) is 8.68. The van der Waals surface area contributed by atoms with Crippen molar-refractivity contribution in [3.05, 3.63) is 59.7 Å². The van der Waals surface area contributed by atoms with Gasteiger partial charge in [-0.15, -0.1) is 0 Å². The van der Waals surface area contributed by atoms with E-state index in [9.17, 15) is 22.4 Å². The fourth-order valence-electron chi connectivity index (χ4n) is 3.90. The smallest absolute Gasteiger partial charge is 0.434 e. The van der Waals surface area contributed by atoms with Gasteiger partial charge in [0, 0.05) is 23.8 Å². The van der Waals surface area contributed by atoms with Crippen LogP contribution in [0.1, 0.15) is 41.7 Å². The van der Waals surface area contributed by atoms with Crippen molar-refractivity contribution in [3.8, 4) is 5.75 Å². The Kier molecular flexibility index (Phi) is 5.94. The molecule has 3 aromatic rings. The number of amides is 1. The fourth-order valence-corrected chi connectivity index (χ4v) is 3.90. The number of alkyl halides is 3. The van der Waals surface area contributed by atoms with Crippen molar-refractivity contribution in [1.29, 1.82) is 0 Å². The first-order valence-corrected chi connectivity index (χ1v) is 10.2. The first-order chi connectivity index (χ1) is 15.2. The summed E-state index contributed by atoms with van der Waals surface area (Å²) in [5, 5.41) is 6.21. The highest BCUT2D eigenvalue weighted by Crippen LogP contribution is 2.31. The summed E-state index contributed by atoms with van der Waals surface area (Å²) in [5.41, 5.74) is -0.973. The van der Waals surface area contributed by atoms with Crippen LogP contribution in [0.2, 0.25) is 0 Å². The van der Waals surface area contributed by atoms with Crippen molar-refractivity contribution in [3.63, 3.8) is 0 Å². The lowest BCUT2D eigenvalue weighted by Crippen LogP contribution is -2.40. The average molecular weight is 450 g/mol. The van der Waals surface area contributed by atoms with Gasteiger partial charge in [-0.05, 0) is 62.1 Å². The van der Waals surface area contributed by atoms with E-state index >= 15 is 0 Å². The Morgan fingerprint density at radius 3 is 2.34 bits per heavy atom. The maximum atomic E-state index is 14.0. The summed E-state index contributed by atoms with van der Waals surface area (Å²) in [6, 6.07) is 9.32. The van der Waals surface area contributed by atoms with Gasteiger partial charge < -0.3 is 15.4 Å². The van der Waals surface area contributed by atoms with Crippen molar-refractivity contribution >= 4 is 17.4 Å². The third-order valence-corrected chi connectivity index (χ3v) is 5.62. The summed E-state index contributed by atoms with van der Waals surface area (Å²) in [6.45, 7) is 0. The molecular formula is C22H22F4N4O2. The van der Waals surface area contributed by atoms with Crippen LogP contribution in [0, 0.1) is 5.82 Å². The number of rotatable bonds is 5. The molecule has 1 amide bonds. The second-order valence-corrected chi connectivity index (χ2v) is 7.78. The lowest BCUT2D eigenvalue weighted by Gasteiger charge is -2.30. The number of halogens is 4. The highest BCUT2D eigenvalue weighted by molar-refractivity contribution is 5.94. The van der Waals surface area contributed by atoms with Gasteiger partial charge in [0.25, 0.3) is 5.91 Å². The molecule has 1 aliphatic carbocycles. The molecule has 4 rings (SSSR count). The standard InChI is InChI=1S/C22H22F4N4O2/c1-32-16-8-2-13(3-9-16)21(31)28-15-6-4-14(5-7-15)27-19-11-10-17(23)20-29-18(12-30(19)20)22(24,25)26/h2-3,8-12,14-15,27H,4-7H2,1H3,(H,28,31)/t14-,15+. The maximum absolute atomic E-state index is 14.0. The number of carbonyl (C=O) groups excluding carboxylic acids is 1. The molecule has 2 aromatic heterocycles. The van der Waals surface area contributed by atoms with Crippen molar-refractivity contribution in [2.24, 2.45) is 0 Å². The van der Waals surface area contributed by atoms with Crippen molar-refractivity contribution in [2.75, 3.05) is 12.4 Å². The van der Waals surface area contributed by atoms with Crippen LogP contribution in [0.4, 0.5) is 23.4 Å². The number of methoxy groups -OCH3 is 1. The molecule has 1 fully saturated rings. The summed E-state index contributed by atoms with van der Waals surface area (Å²) in [4.78, 5) is 15.8. The first-order valence-electron chi connectivity index (χ1n) is 10.2. The van der Waals surface area contributed by atoms with Gasteiger partial charge in [0.05, 0.1) is 7.11 Å². The van der Waals surface area contributed by atoms with Gasteiger partial charge in [0.15, 0.2) is 17.2 Å². The Hall–Kier alpha value is -3.30. The quantitative estimate of drug-likeness (QED) is 0.555. The van der Waals surface area contributed by atoms with Gasteiger partial charge in [0.2, 0.25) is 0 Å². The predicted octanol–water partition coefficient (Wildman–Crippen LogP) is 4.65. The topological polar surface area (TPSA) is 67.7 Å². The molecule has 6 nitrogen and oxygen atoms in total. The van der Waals surface area contributed by atoms with E-state index in [0.29, 0.717) is 42.8 Å². The molecular weight excluding hydrogens is 428 g/mol. The molecule has 2 heterocycles. The maximum Gasteiger partial charge on any atom is 0.434 e. The van der Waals surface area contributed by atoms with Crippen LogP contribution in [0.15, 0.2) is 42.6 Å². The Balaban J connectivity index is 1.38. The van der Waals surface area contributed by atoms with E-state index in [1.54, 1.807) is 31.4 Å². The van der Waals surface area contributed by atoms with Gasteiger partial charge in [-0.1, -0.05) is 0 Å². The lowest BCUT2D eigenvalue weighted by atomic mass is 9.91. The van der Waals surface area contributed by atoms with Crippen molar-refractivity contribution in [1.82, 2.24) is 14.7 Å². The number of ether oxygens (including phenoxy) is 1. The van der Waals surface area contributed by atoms with Crippen LogP contribution in [0.25, 0.3) is 5.65 Å². The SMILES string of the molecule is COc1ccc(C(=O)N[C@H]2CC[C@@H](Nc3ccc(F)c4nc(C(F)(F)F)cn34)CC2)cc1. The third-order valence-electron chi connectivity index (χ3n) is 5.62. The molecule has 0 unspecified atom stereocenters. The molecule has 1 saturated carbocycles. The minimum absolute atomic E-state index is 0.000894. The summed E-state index contributed by atoms with van der Waals surface area (Å²) >= 11 is 0. The van der Waals surface area contributed by atoms with E-state index in [1.807, 2.05) is 0 Å². The minimum Gasteiger partial charge on any atom is -0.497 e. The Bertz CT molecular complexity index is 1100. The van der Waals surface area contributed by atoms with Gasteiger partial charge in [-0.25, -0.2) is 9.37 Å². The van der Waals surface area contributed by atoms with Gasteiger partial charge in [0.1, 0.15) is 11.6 Å². The zero-order chi connectivity index (χ0) is 22.9. The van der Waals surface area contributed by atoms with Crippen molar-refractivity contribution in [2.45, 2.75) is 43.9 Å². The number of imidazole rings is 1. The number of carbonyl (C=O) groups is 1. The highest BCUT2D eigenvalue weighted by atomic mass is 19.4.